The summed E-state index contributed by atoms with van der Waals surface area (Å²) in [5, 5.41) is 7.11. The van der Waals surface area contributed by atoms with Crippen molar-refractivity contribution in [3.05, 3.63) is 18.0 Å². The fourth-order valence-electron chi connectivity index (χ4n) is 1.02. The van der Waals surface area contributed by atoms with Crippen LogP contribution in [-0.2, 0) is 18.3 Å². The molecule has 0 aromatic carbocycles. The lowest BCUT2D eigenvalue weighted by Gasteiger charge is -1.98. The van der Waals surface area contributed by atoms with Crippen LogP contribution in [0.3, 0.4) is 0 Å². The highest BCUT2D eigenvalue weighted by Gasteiger charge is 1.97. The van der Waals surface area contributed by atoms with E-state index in [2.05, 4.69) is 10.4 Å². The third-order valence-corrected chi connectivity index (χ3v) is 1.63. The molecule has 1 aromatic heterocycles. The third-order valence-electron chi connectivity index (χ3n) is 1.63. The van der Waals surface area contributed by atoms with E-state index in [9.17, 15) is 4.79 Å². The van der Waals surface area contributed by atoms with Crippen molar-refractivity contribution in [2.45, 2.75) is 6.42 Å². The molecule has 0 spiro atoms. The van der Waals surface area contributed by atoms with E-state index >= 15 is 0 Å². The summed E-state index contributed by atoms with van der Waals surface area (Å²) >= 11 is 0. The predicted octanol–water partition coefficient (Wildman–Crippen LogP) is -0.962. The molecule has 0 aliphatic carbocycles. The monoisotopic (exact) mass is 182 g/mol. The van der Waals surface area contributed by atoms with Crippen molar-refractivity contribution in [1.29, 1.82) is 0 Å². The van der Waals surface area contributed by atoms with Gasteiger partial charge >= 0.3 is 0 Å². The number of hydrogen-bond acceptors (Lipinski definition) is 3. The van der Waals surface area contributed by atoms with Crippen LogP contribution in [0, 0.1) is 0 Å². The molecule has 0 aliphatic heterocycles. The first kappa shape index (κ1) is 9.73. The van der Waals surface area contributed by atoms with Crippen LogP contribution >= 0.6 is 0 Å². The van der Waals surface area contributed by atoms with Crippen molar-refractivity contribution in [3.63, 3.8) is 0 Å². The molecule has 5 nitrogen and oxygen atoms in total. The van der Waals surface area contributed by atoms with Gasteiger partial charge in [0.1, 0.15) is 0 Å². The van der Waals surface area contributed by atoms with Crippen molar-refractivity contribution in [2.24, 2.45) is 12.8 Å². The molecule has 1 rings (SSSR count). The van der Waals surface area contributed by atoms with E-state index < -0.39 is 0 Å². The van der Waals surface area contributed by atoms with Crippen LogP contribution in [0.5, 0.6) is 0 Å². The average molecular weight is 182 g/mol. The molecule has 0 saturated heterocycles. The first-order chi connectivity index (χ1) is 6.18. The Bertz CT molecular complexity index is 281. The number of carbonyl (C=O) groups excluding carboxylic acids is 1. The Labute approximate surface area is 76.9 Å². The maximum atomic E-state index is 10.4. The van der Waals surface area contributed by atoms with Gasteiger partial charge in [-0.2, -0.15) is 5.10 Å². The van der Waals surface area contributed by atoms with Gasteiger partial charge in [0.15, 0.2) is 0 Å². The van der Waals surface area contributed by atoms with Gasteiger partial charge in [0.25, 0.3) is 0 Å². The molecule has 0 atom stereocenters. The second kappa shape index (κ2) is 4.61. The van der Waals surface area contributed by atoms with Crippen LogP contribution in [0.2, 0.25) is 0 Å². The molecular weight excluding hydrogens is 168 g/mol. The summed E-state index contributed by atoms with van der Waals surface area (Å²) in [7, 11) is 1.88. The number of nitrogens with two attached hydrogens (primary N) is 1. The quantitative estimate of drug-likeness (QED) is 0.576. The van der Waals surface area contributed by atoms with Gasteiger partial charge in [-0.3, -0.25) is 9.48 Å². The average Bonchev–Trinajstić information content (AvgIpc) is 2.45. The number of aryl methyl sites for hydroxylation is 1. The lowest BCUT2D eigenvalue weighted by atomic mass is 10.3. The number of amides is 1. The molecular formula is C8H14N4O. The molecule has 0 unspecified atom stereocenters. The van der Waals surface area contributed by atoms with E-state index in [0.717, 1.165) is 18.7 Å². The molecule has 0 bridgehead atoms. The standard InChI is InChI=1S/C8H14N4O/c1-12-5-3-7(11-12)2-4-10-6-8(9)13/h3,5,10H,2,4,6H2,1H3,(H2,9,13). The molecule has 0 aliphatic rings. The van der Waals surface area contributed by atoms with Gasteiger partial charge in [0, 0.05) is 26.2 Å². The van der Waals surface area contributed by atoms with Crippen LogP contribution in [0.1, 0.15) is 5.69 Å². The zero-order chi connectivity index (χ0) is 9.68. The molecule has 1 amide bonds. The minimum absolute atomic E-state index is 0.229. The molecule has 0 saturated carbocycles. The van der Waals surface area contributed by atoms with Crippen LogP contribution in [0.15, 0.2) is 12.3 Å². The minimum Gasteiger partial charge on any atom is -0.369 e. The molecule has 13 heavy (non-hydrogen) atoms. The molecule has 1 aromatic rings. The number of rotatable bonds is 5. The summed E-state index contributed by atoms with van der Waals surface area (Å²) in [6, 6.07) is 1.95. The number of hydrogen-bond donors (Lipinski definition) is 2. The highest BCUT2D eigenvalue weighted by Crippen LogP contribution is 1.93. The second-order valence-electron chi connectivity index (χ2n) is 2.87. The van der Waals surface area contributed by atoms with Crippen LogP contribution < -0.4 is 11.1 Å². The van der Waals surface area contributed by atoms with E-state index in [4.69, 9.17) is 5.73 Å². The molecule has 1 heterocycles. The van der Waals surface area contributed by atoms with E-state index in [0.29, 0.717) is 0 Å². The predicted molar refractivity (Wildman–Crippen MR) is 49.0 cm³/mol. The van der Waals surface area contributed by atoms with E-state index in [1.807, 2.05) is 19.3 Å². The second-order valence-corrected chi connectivity index (χ2v) is 2.87. The fraction of sp³-hybridized carbons (Fsp3) is 0.500. The topological polar surface area (TPSA) is 72.9 Å². The van der Waals surface area contributed by atoms with E-state index in [1.54, 1.807) is 4.68 Å². The van der Waals surface area contributed by atoms with E-state index in [1.165, 1.54) is 0 Å². The Morgan fingerprint density at radius 1 is 1.77 bits per heavy atom. The summed E-state index contributed by atoms with van der Waals surface area (Å²) in [5.41, 5.74) is 5.97. The SMILES string of the molecule is Cn1ccc(CCNCC(N)=O)n1. The Morgan fingerprint density at radius 2 is 2.54 bits per heavy atom. The number of aromatic nitrogens is 2. The Balaban J connectivity index is 2.16. The molecule has 0 radical (unpaired) electrons. The van der Waals surface area contributed by atoms with Gasteiger partial charge in [0.2, 0.25) is 5.91 Å². The molecule has 72 valence electrons. The van der Waals surface area contributed by atoms with Crippen molar-refractivity contribution >= 4 is 5.91 Å². The normalized spacial score (nSPS) is 10.2. The maximum Gasteiger partial charge on any atom is 0.231 e. The highest BCUT2D eigenvalue weighted by atomic mass is 16.1. The van der Waals surface area contributed by atoms with Gasteiger partial charge in [0.05, 0.1) is 12.2 Å². The maximum absolute atomic E-state index is 10.4. The number of primary amides is 1. The number of nitrogens with zero attached hydrogens (tertiary/aromatic N) is 2. The molecule has 3 N–H and O–H groups in total. The molecule has 0 fully saturated rings. The van der Waals surface area contributed by atoms with Gasteiger partial charge in [-0.25, -0.2) is 0 Å². The van der Waals surface area contributed by atoms with Gasteiger partial charge in [-0.1, -0.05) is 0 Å². The fourth-order valence-corrected chi connectivity index (χ4v) is 1.02. The number of nitrogens with one attached hydrogen (secondary N) is 1. The van der Waals surface area contributed by atoms with Gasteiger partial charge < -0.3 is 11.1 Å². The minimum atomic E-state index is -0.332. The van der Waals surface area contributed by atoms with Crippen LogP contribution in [-0.4, -0.2) is 28.8 Å². The smallest absolute Gasteiger partial charge is 0.231 e. The first-order valence-corrected chi connectivity index (χ1v) is 4.16. The summed E-state index contributed by atoms with van der Waals surface area (Å²) < 4.78 is 1.75. The van der Waals surface area contributed by atoms with Crippen molar-refractivity contribution in [3.8, 4) is 0 Å². The summed E-state index contributed by atoms with van der Waals surface area (Å²) in [6.07, 6.45) is 2.71. The Hall–Kier alpha value is -1.36. The van der Waals surface area contributed by atoms with Gasteiger partial charge in [-0.15, -0.1) is 0 Å². The summed E-state index contributed by atoms with van der Waals surface area (Å²) in [6.45, 7) is 0.951. The third kappa shape index (κ3) is 3.71. The number of carbonyl (C=O) groups is 1. The van der Waals surface area contributed by atoms with Crippen LogP contribution in [0.4, 0.5) is 0 Å². The van der Waals surface area contributed by atoms with Crippen molar-refractivity contribution in [2.75, 3.05) is 13.1 Å². The van der Waals surface area contributed by atoms with Gasteiger partial charge in [-0.05, 0) is 6.07 Å². The Kier molecular flexibility index (Phi) is 3.45. The lowest BCUT2D eigenvalue weighted by Crippen LogP contribution is -2.29. The zero-order valence-electron chi connectivity index (χ0n) is 7.66. The first-order valence-electron chi connectivity index (χ1n) is 4.16. The zero-order valence-corrected chi connectivity index (χ0v) is 7.66. The largest absolute Gasteiger partial charge is 0.369 e. The van der Waals surface area contributed by atoms with E-state index in [-0.39, 0.29) is 12.5 Å². The summed E-state index contributed by atoms with van der Waals surface area (Å²) in [4.78, 5) is 10.4. The van der Waals surface area contributed by atoms with Crippen molar-refractivity contribution < 1.29 is 4.79 Å². The molecule has 5 heteroatoms. The van der Waals surface area contributed by atoms with Crippen molar-refractivity contribution in [1.82, 2.24) is 15.1 Å². The Morgan fingerprint density at radius 3 is 3.08 bits per heavy atom. The highest BCUT2D eigenvalue weighted by molar-refractivity contribution is 5.75. The lowest BCUT2D eigenvalue weighted by molar-refractivity contribution is -0.117. The van der Waals surface area contributed by atoms with Crippen LogP contribution in [0.25, 0.3) is 0 Å². The summed E-state index contributed by atoms with van der Waals surface area (Å²) in [5.74, 6) is -0.332.